The lowest BCUT2D eigenvalue weighted by molar-refractivity contribution is -0.141. The van der Waals surface area contributed by atoms with Gasteiger partial charge in [-0.3, -0.25) is 4.98 Å². The van der Waals surface area contributed by atoms with Gasteiger partial charge in [0.05, 0.1) is 9.71 Å². The highest BCUT2D eigenvalue weighted by Crippen LogP contribution is 2.34. The first-order valence-corrected chi connectivity index (χ1v) is 8.25. The van der Waals surface area contributed by atoms with Crippen molar-refractivity contribution in [1.29, 1.82) is 5.26 Å². The minimum absolute atomic E-state index is 0.378. The van der Waals surface area contributed by atoms with Crippen LogP contribution >= 0.6 is 0 Å². The summed E-state index contributed by atoms with van der Waals surface area (Å²) in [5.74, 6) is 0.378. The van der Waals surface area contributed by atoms with Gasteiger partial charge in [0, 0.05) is 22.9 Å². The highest BCUT2D eigenvalue weighted by atomic mass is 32.2. The first-order chi connectivity index (χ1) is 9.74. The Hall–Kier alpha value is -1.75. The van der Waals surface area contributed by atoms with E-state index in [1.807, 2.05) is 0 Å². The molecule has 8 heteroatoms. The van der Waals surface area contributed by atoms with Crippen molar-refractivity contribution >= 4 is 14.6 Å². The molecule has 1 atom stereocenters. The molecule has 0 saturated heterocycles. The molecule has 21 heavy (non-hydrogen) atoms. The molecule has 0 radical (unpaired) electrons. The van der Waals surface area contributed by atoms with Crippen molar-refractivity contribution in [3.8, 4) is 6.19 Å². The Kier molecular flexibility index (Phi) is 4.14. The van der Waals surface area contributed by atoms with E-state index < -0.39 is 21.6 Å². The lowest BCUT2D eigenvalue weighted by Crippen LogP contribution is -2.26. The van der Waals surface area contributed by atoms with Crippen molar-refractivity contribution in [2.75, 3.05) is 6.26 Å². The van der Waals surface area contributed by atoms with Gasteiger partial charge in [0.15, 0.2) is 6.19 Å². The van der Waals surface area contributed by atoms with E-state index in [4.69, 9.17) is 5.26 Å². The van der Waals surface area contributed by atoms with Crippen LogP contribution in [-0.2, 0) is 15.9 Å². The molecule has 0 aromatic carbocycles. The van der Waals surface area contributed by atoms with Crippen LogP contribution in [0.5, 0.6) is 0 Å². The number of hydrogen-bond acceptors (Lipinski definition) is 3. The Morgan fingerprint density at radius 2 is 2.19 bits per heavy atom. The topological polar surface area (TPSA) is 65.8 Å². The fourth-order valence-corrected chi connectivity index (χ4v) is 3.38. The van der Waals surface area contributed by atoms with Crippen molar-refractivity contribution < 1.29 is 17.4 Å². The molecule has 1 aliphatic carbocycles. The molecule has 0 spiro atoms. The summed E-state index contributed by atoms with van der Waals surface area (Å²) in [5.41, 5.74) is -0.613. The Balaban J connectivity index is 2.43. The number of halogens is 3. The summed E-state index contributed by atoms with van der Waals surface area (Å²) in [6, 6.07) is 2.12. The minimum Gasteiger partial charge on any atom is -0.251 e. The van der Waals surface area contributed by atoms with Gasteiger partial charge in [-0.05, 0) is 31.2 Å². The van der Waals surface area contributed by atoms with Gasteiger partial charge in [0.1, 0.15) is 5.69 Å². The van der Waals surface area contributed by atoms with Crippen LogP contribution in [0.1, 0.15) is 30.5 Å². The molecule has 1 aromatic rings. The molecule has 0 aliphatic heterocycles. The van der Waals surface area contributed by atoms with E-state index >= 15 is 0 Å². The molecule has 1 aromatic heterocycles. The summed E-state index contributed by atoms with van der Waals surface area (Å²) < 4.78 is 52.3. The molecule has 1 N–H and O–H groups in total. The van der Waals surface area contributed by atoms with Crippen LogP contribution in [-0.4, -0.2) is 20.3 Å². The summed E-state index contributed by atoms with van der Waals surface area (Å²) in [6.07, 6.45) is 2.08. The van der Waals surface area contributed by atoms with Gasteiger partial charge in [-0.2, -0.15) is 18.4 Å². The average molecular weight is 317 g/mol. The Labute approximate surface area is 121 Å². The summed E-state index contributed by atoms with van der Waals surface area (Å²) in [6.45, 7) is 0. The van der Waals surface area contributed by atoms with Crippen molar-refractivity contribution in [3.05, 3.63) is 29.6 Å². The van der Waals surface area contributed by atoms with Crippen molar-refractivity contribution in [1.82, 2.24) is 9.71 Å². The molecular formula is C13H14F3N3OS. The van der Waals surface area contributed by atoms with Crippen molar-refractivity contribution in [2.24, 2.45) is 5.92 Å². The van der Waals surface area contributed by atoms with Crippen molar-refractivity contribution in [3.63, 3.8) is 0 Å². The first kappa shape index (κ1) is 15.6. The standard InChI is InChI=1S/C13H14F3N3OS/c1-21(20,19-8-17)11(6-9-2-3-9)10-4-5-12(18-7-10)13(14,15)16/h4-5,7,9H,2-3,6H2,1H3,(H,19,20). The number of rotatable bonds is 4. The number of nitrogens with zero attached hydrogens (tertiary/aromatic N) is 2. The summed E-state index contributed by atoms with van der Waals surface area (Å²) in [4.78, 5) is 3.84. The van der Waals surface area contributed by atoms with Gasteiger partial charge < -0.3 is 0 Å². The van der Waals surface area contributed by atoms with Crippen LogP contribution in [0.2, 0.25) is 0 Å². The van der Waals surface area contributed by atoms with E-state index in [1.165, 1.54) is 12.3 Å². The average Bonchev–Trinajstić information content (AvgIpc) is 3.19. The zero-order valence-corrected chi connectivity index (χ0v) is 12.1. The number of alkyl halides is 3. The third-order valence-corrected chi connectivity index (χ3v) is 5.08. The van der Waals surface area contributed by atoms with E-state index in [0.717, 1.165) is 25.1 Å². The molecular weight excluding hydrogens is 303 g/mol. The second-order valence-corrected chi connectivity index (χ2v) is 7.44. The maximum absolute atomic E-state index is 12.5. The lowest BCUT2D eigenvalue weighted by atomic mass is 10.1. The molecule has 1 heterocycles. The molecule has 0 bridgehead atoms. The zero-order valence-electron chi connectivity index (χ0n) is 11.3. The third kappa shape index (κ3) is 3.88. The smallest absolute Gasteiger partial charge is 0.251 e. The molecule has 0 amide bonds. The molecule has 4 nitrogen and oxygen atoms in total. The summed E-state index contributed by atoms with van der Waals surface area (Å²) >= 11 is 0. The number of nitriles is 1. The SMILES string of the molecule is CS(=O)(NC#N)=C(CC1CC1)c1ccc(C(F)(F)F)nc1. The van der Waals surface area contributed by atoms with Gasteiger partial charge in [-0.15, -0.1) is 0 Å². The van der Waals surface area contributed by atoms with Gasteiger partial charge >= 0.3 is 6.18 Å². The number of aromatic nitrogens is 1. The van der Waals surface area contributed by atoms with Crippen LogP contribution in [0.15, 0.2) is 18.3 Å². The Bertz CT molecular complexity index is 678. The minimum atomic E-state index is -4.51. The second kappa shape index (κ2) is 5.56. The van der Waals surface area contributed by atoms with Crippen molar-refractivity contribution in [2.45, 2.75) is 25.4 Å². The number of hydrogen-bond donors (Lipinski definition) is 1. The zero-order chi connectivity index (χ0) is 15.7. The van der Waals surface area contributed by atoms with Gasteiger partial charge in [0.2, 0.25) is 0 Å². The van der Waals surface area contributed by atoms with E-state index in [-0.39, 0.29) is 0 Å². The van der Waals surface area contributed by atoms with Crippen LogP contribution in [0.4, 0.5) is 13.2 Å². The largest absolute Gasteiger partial charge is 0.433 e. The summed E-state index contributed by atoms with van der Waals surface area (Å²) in [5, 5.41) is 8.68. The normalized spacial score (nSPS) is 17.7. The molecule has 114 valence electrons. The van der Waals surface area contributed by atoms with Crippen LogP contribution in [0.25, 0.3) is 0 Å². The monoisotopic (exact) mass is 317 g/mol. The lowest BCUT2D eigenvalue weighted by Gasteiger charge is -2.13. The van der Waals surface area contributed by atoms with E-state index in [2.05, 4.69) is 9.71 Å². The van der Waals surface area contributed by atoms with E-state index in [9.17, 15) is 17.4 Å². The molecule has 2 rings (SSSR count). The highest BCUT2D eigenvalue weighted by molar-refractivity contribution is 8.00. The Morgan fingerprint density at radius 1 is 1.52 bits per heavy atom. The van der Waals surface area contributed by atoms with Crippen LogP contribution in [0, 0.1) is 17.4 Å². The van der Waals surface area contributed by atoms with Crippen LogP contribution in [0.3, 0.4) is 0 Å². The van der Waals surface area contributed by atoms with Gasteiger partial charge in [0.25, 0.3) is 0 Å². The third-order valence-electron chi connectivity index (χ3n) is 3.26. The summed E-state index contributed by atoms with van der Waals surface area (Å²) in [7, 11) is -2.79. The number of pyridine rings is 1. The van der Waals surface area contributed by atoms with Crippen LogP contribution < -0.4 is 4.72 Å². The fourth-order valence-electron chi connectivity index (χ4n) is 1.96. The number of nitrogens with one attached hydrogen (secondary N) is 1. The molecule has 1 saturated carbocycles. The Morgan fingerprint density at radius 3 is 2.62 bits per heavy atom. The van der Waals surface area contributed by atoms with Gasteiger partial charge in [-0.1, -0.05) is 6.07 Å². The molecule has 1 aliphatic rings. The predicted molar refractivity (Wildman–Crippen MR) is 73.5 cm³/mol. The maximum Gasteiger partial charge on any atom is 0.433 e. The van der Waals surface area contributed by atoms with Gasteiger partial charge in [-0.25, -0.2) is 8.93 Å². The van der Waals surface area contributed by atoms with E-state index in [1.54, 1.807) is 6.19 Å². The predicted octanol–water partition coefficient (Wildman–Crippen LogP) is 2.32. The molecule has 1 unspecified atom stereocenters. The highest BCUT2D eigenvalue weighted by Gasteiger charge is 2.32. The first-order valence-electron chi connectivity index (χ1n) is 6.28. The second-order valence-electron chi connectivity index (χ2n) is 5.06. The quantitative estimate of drug-likeness (QED) is 0.401. The maximum atomic E-state index is 12.5. The fraction of sp³-hybridized carbons (Fsp3) is 0.462. The van der Waals surface area contributed by atoms with E-state index in [0.29, 0.717) is 22.8 Å². The molecule has 1 fully saturated rings.